The zero-order valence-electron chi connectivity index (χ0n) is 30.4. The van der Waals surface area contributed by atoms with Gasteiger partial charge in [-0.25, -0.2) is 0 Å². The van der Waals surface area contributed by atoms with Gasteiger partial charge in [0.25, 0.3) is 0 Å². The van der Waals surface area contributed by atoms with E-state index in [1.54, 1.807) is 0 Å². The van der Waals surface area contributed by atoms with Crippen molar-refractivity contribution in [1.29, 1.82) is 0 Å². The minimum absolute atomic E-state index is 1.17. The summed E-state index contributed by atoms with van der Waals surface area (Å²) in [6.45, 7) is 4.34. The predicted molar refractivity (Wildman–Crippen MR) is 231 cm³/mol. The molecule has 0 saturated heterocycles. The van der Waals surface area contributed by atoms with E-state index in [4.69, 9.17) is 0 Å². The minimum atomic E-state index is 1.17. The summed E-state index contributed by atoms with van der Waals surface area (Å²) in [6.07, 6.45) is 4.40. The molecule has 256 valence electrons. The Bertz CT molecular complexity index is 2930. The number of hydrogen-bond donors (Lipinski definition) is 0. The summed E-state index contributed by atoms with van der Waals surface area (Å²) >= 11 is 0. The molecule has 0 aliphatic heterocycles. The zero-order chi connectivity index (χ0) is 36.2. The van der Waals surface area contributed by atoms with Crippen molar-refractivity contribution in [3.05, 3.63) is 204 Å². The highest BCUT2D eigenvalue weighted by Crippen LogP contribution is 2.37. The van der Waals surface area contributed by atoms with Crippen LogP contribution in [0.5, 0.6) is 0 Å². The largest absolute Gasteiger partial charge is 0.309 e. The lowest BCUT2D eigenvalue weighted by Crippen LogP contribution is -1.97. The Morgan fingerprint density at radius 1 is 0.352 bits per heavy atom. The van der Waals surface area contributed by atoms with Crippen molar-refractivity contribution >= 4 is 55.8 Å². The van der Waals surface area contributed by atoms with Gasteiger partial charge in [0.15, 0.2) is 0 Å². The van der Waals surface area contributed by atoms with Crippen molar-refractivity contribution in [2.45, 2.75) is 13.8 Å². The van der Waals surface area contributed by atoms with Crippen LogP contribution in [0.2, 0.25) is 0 Å². The summed E-state index contributed by atoms with van der Waals surface area (Å²) < 4.78 is 4.80. The van der Waals surface area contributed by atoms with Gasteiger partial charge in [0.1, 0.15) is 0 Å². The first-order valence-electron chi connectivity index (χ1n) is 18.7. The predicted octanol–water partition coefficient (Wildman–Crippen LogP) is 14.0. The van der Waals surface area contributed by atoms with E-state index in [2.05, 4.69) is 217 Å². The average molecular weight is 691 g/mol. The smallest absolute Gasteiger partial charge is 0.0541 e. The van der Waals surface area contributed by atoms with Crippen LogP contribution in [0.15, 0.2) is 182 Å². The molecular formula is C52H38N2. The minimum Gasteiger partial charge on any atom is -0.309 e. The van der Waals surface area contributed by atoms with Gasteiger partial charge < -0.3 is 9.13 Å². The van der Waals surface area contributed by atoms with Gasteiger partial charge in [0.2, 0.25) is 0 Å². The molecule has 2 aromatic heterocycles. The number of aryl methyl sites for hydroxylation is 2. The highest BCUT2D eigenvalue weighted by atomic mass is 15.0. The summed E-state index contributed by atoms with van der Waals surface area (Å²) in [4.78, 5) is 0. The average Bonchev–Trinajstić information content (AvgIpc) is 3.72. The maximum Gasteiger partial charge on any atom is 0.0541 e. The van der Waals surface area contributed by atoms with Gasteiger partial charge in [-0.1, -0.05) is 151 Å². The lowest BCUT2D eigenvalue weighted by Gasteiger charge is -2.14. The Kier molecular flexibility index (Phi) is 7.63. The third kappa shape index (κ3) is 5.43. The quantitative estimate of drug-likeness (QED) is 0.154. The number of para-hydroxylation sites is 3. The molecule has 2 heterocycles. The summed E-state index contributed by atoms with van der Waals surface area (Å²) in [5.74, 6) is 0. The first kappa shape index (κ1) is 31.8. The number of fused-ring (bicyclic) bond motifs is 6. The van der Waals surface area contributed by atoms with Gasteiger partial charge in [-0.3, -0.25) is 0 Å². The first-order chi connectivity index (χ1) is 26.6. The molecule has 2 heteroatoms. The monoisotopic (exact) mass is 690 g/mol. The number of nitrogens with zero attached hydrogens (tertiary/aromatic N) is 2. The molecule has 0 aliphatic carbocycles. The molecule has 0 aliphatic rings. The summed E-state index contributed by atoms with van der Waals surface area (Å²) in [6, 6.07) is 66.3. The van der Waals surface area contributed by atoms with Crippen LogP contribution >= 0.6 is 0 Å². The SMILES string of the molecule is Cc1ccc2c(c1)c1cc(C)ccc1n2-c1ccccc1-c1ccc(/C=C/c2ccc(-c3cccc(-n4c5ccccc5c5ccccc54)c3)cc2)cc1. The van der Waals surface area contributed by atoms with Crippen molar-refractivity contribution in [2.75, 3.05) is 0 Å². The standard InChI is InChI=1S/C52H38N2/c1-35-18-30-51-46(32-35)47-33-36(2)19-31-52(47)54(51)48-15-6-3-12-43(48)40-28-24-38(25-29-40)21-20-37-22-26-39(27-23-37)41-10-9-11-42(34-41)53-49-16-7-4-13-44(49)45-14-5-8-17-50(45)53/h3-34H,1-2H3/b21-20+. The fourth-order valence-electron chi connectivity index (χ4n) is 8.20. The third-order valence-electron chi connectivity index (χ3n) is 10.8. The molecule has 0 amide bonds. The van der Waals surface area contributed by atoms with E-state index in [0.29, 0.717) is 0 Å². The molecule has 0 radical (unpaired) electrons. The Hall–Kier alpha value is -6.90. The van der Waals surface area contributed by atoms with Crippen LogP contribution in [-0.2, 0) is 0 Å². The van der Waals surface area contributed by atoms with Gasteiger partial charge in [-0.15, -0.1) is 0 Å². The van der Waals surface area contributed by atoms with Gasteiger partial charge in [-0.05, 0) is 96.3 Å². The number of benzene rings is 8. The van der Waals surface area contributed by atoms with Crippen molar-refractivity contribution < 1.29 is 0 Å². The normalized spacial score (nSPS) is 11.8. The molecule has 2 nitrogen and oxygen atoms in total. The lowest BCUT2D eigenvalue weighted by molar-refractivity contribution is 1.18. The molecule has 0 atom stereocenters. The molecule has 0 N–H and O–H groups in total. The summed E-state index contributed by atoms with van der Waals surface area (Å²) in [5.41, 5.74) is 17.0. The summed E-state index contributed by atoms with van der Waals surface area (Å²) in [5, 5.41) is 5.15. The van der Waals surface area contributed by atoms with Crippen molar-refractivity contribution in [3.8, 4) is 33.6 Å². The van der Waals surface area contributed by atoms with Crippen LogP contribution in [0.25, 0.3) is 89.4 Å². The molecule has 54 heavy (non-hydrogen) atoms. The molecule has 0 bridgehead atoms. The molecule has 0 fully saturated rings. The Balaban J connectivity index is 0.921. The van der Waals surface area contributed by atoms with E-state index < -0.39 is 0 Å². The maximum absolute atomic E-state index is 2.43. The van der Waals surface area contributed by atoms with Gasteiger partial charge in [0, 0.05) is 32.8 Å². The fraction of sp³-hybridized carbons (Fsp3) is 0.0385. The van der Waals surface area contributed by atoms with Crippen LogP contribution in [0.4, 0.5) is 0 Å². The zero-order valence-corrected chi connectivity index (χ0v) is 30.4. The topological polar surface area (TPSA) is 9.86 Å². The number of aromatic nitrogens is 2. The summed E-state index contributed by atoms with van der Waals surface area (Å²) in [7, 11) is 0. The second-order valence-electron chi connectivity index (χ2n) is 14.4. The third-order valence-corrected chi connectivity index (χ3v) is 10.8. The Labute approximate surface area is 315 Å². The number of hydrogen-bond acceptors (Lipinski definition) is 0. The number of rotatable bonds is 6. The van der Waals surface area contributed by atoms with E-state index in [0.717, 1.165) is 0 Å². The molecule has 0 spiro atoms. The van der Waals surface area contributed by atoms with Crippen molar-refractivity contribution in [1.82, 2.24) is 9.13 Å². The van der Waals surface area contributed by atoms with Gasteiger partial charge >= 0.3 is 0 Å². The second-order valence-corrected chi connectivity index (χ2v) is 14.4. The van der Waals surface area contributed by atoms with Crippen LogP contribution in [0.3, 0.4) is 0 Å². The molecule has 10 rings (SSSR count). The van der Waals surface area contributed by atoms with E-state index >= 15 is 0 Å². The van der Waals surface area contributed by atoms with E-state index in [1.807, 2.05) is 0 Å². The Morgan fingerprint density at radius 3 is 1.48 bits per heavy atom. The van der Waals surface area contributed by atoms with E-state index in [-0.39, 0.29) is 0 Å². The molecule has 0 saturated carbocycles. The van der Waals surface area contributed by atoms with Crippen LogP contribution in [0, 0.1) is 13.8 Å². The fourth-order valence-corrected chi connectivity index (χ4v) is 8.20. The van der Waals surface area contributed by atoms with Crippen LogP contribution in [0.1, 0.15) is 22.3 Å². The van der Waals surface area contributed by atoms with Gasteiger partial charge in [0.05, 0.1) is 27.8 Å². The van der Waals surface area contributed by atoms with Crippen molar-refractivity contribution in [3.63, 3.8) is 0 Å². The molecular weight excluding hydrogens is 653 g/mol. The molecule has 0 unspecified atom stereocenters. The lowest BCUT2D eigenvalue weighted by atomic mass is 10.0. The van der Waals surface area contributed by atoms with Crippen molar-refractivity contribution in [2.24, 2.45) is 0 Å². The highest BCUT2D eigenvalue weighted by molar-refractivity contribution is 6.11. The second kappa shape index (κ2) is 12.9. The molecule has 8 aromatic carbocycles. The van der Waals surface area contributed by atoms with Gasteiger partial charge in [-0.2, -0.15) is 0 Å². The highest BCUT2D eigenvalue weighted by Gasteiger charge is 2.16. The molecule has 10 aromatic rings. The van der Waals surface area contributed by atoms with E-state index in [1.165, 1.54) is 99.5 Å². The first-order valence-corrected chi connectivity index (χ1v) is 18.7. The Morgan fingerprint density at radius 2 is 0.870 bits per heavy atom. The van der Waals surface area contributed by atoms with E-state index in [9.17, 15) is 0 Å². The van der Waals surface area contributed by atoms with Crippen LogP contribution in [-0.4, -0.2) is 9.13 Å². The van der Waals surface area contributed by atoms with Crippen LogP contribution < -0.4 is 0 Å². The maximum atomic E-state index is 2.43.